The van der Waals surface area contributed by atoms with E-state index < -0.39 is 0 Å². The zero-order valence-electron chi connectivity index (χ0n) is 9.12. The van der Waals surface area contributed by atoms with Crippen LogP contribution in [0.15, 0.2) is 24.3 Å². The number of esters is 1. The Morgan fingerprint density at radius 3 is 2.94 bits per heavy atom. The molecule has 16 heavy (non-hydrogen) atoms. The van der Waals surface area contributed by atoms with Gasteiger partial charge in [0.15, 0.2) is 0 Å². The number of hydrogen-bond acceptors (Lipinski definition) is 2. The standard InChI is InChI=1S/C13H15IO2/c14-11-7-3-1-5-10-6-2-4-8-12(10)13(15)16-9-11/h2,4,6,8,11H,1,3,5,7,9H2. The lowest BCUT2D eigenvalue weighted by Crippen LogP contribution is -2.16. The molecule has 2 rings (SSSR count). The van der Waals surface area contributed by atoms with Gasteiger partial charge in [-0.2, -0.15) is 0 Å². The van der Waals surface area contributed by atoms with Crippen molar-refractivity contribution in [1.29, 1.82) is 0 Å². The molecule has 0 N–H and O–H groups in total. The highest BCUT2D eigenvalue weighted by molar-refractivity contribution is 14.1. The minimum atomic E-state index is -0.167. The van der Waals surface area contributed by atoms with Gasteiger partial charge in [-0.1, -0.05) is 47.2 Å². The molecule has 1 aromatic carbocycles. The van der Waals surface area contributed by atoms with Gasteiger partial charge in [0.25, 0.3) is 0 Å². The Balaban J connectivity index is 2.21. The molecule has 0 aromatic heterocycles. The molecule has 0 aliphatic carbocycles. The van der Waals surface area contributed by atoms with Gasteiger partial charge in [-0.25, -0.2) is 4.79 Å². The van der Waals surface area contributed by atoms with Crippen LogP contribution in [0.4, 0.5) is 0 Å². The number of ether oxygens (including phenoxy) is 1. The van der Waals surface area contributed by atoms with Crippen molar-refractivity contribution in [1.82, 2.24) is 0 Å². The number of aryl methyl sites for hydroxylation is 1. The quantitative estimate of drug-likeness (QED) is 0.414. The fraction of sp³-hybridized carbons (Fsp3) is 0.462. The van der Waals surface area contributed by atoms with Crippen LogP contribution in [0.5, 0.6) is 0 Å². The van der Waals surface area contributed by atoms with Gasteiger partial charge >= 0.3 is 5.97 Å². The Labute approximate surface area is 110 Å². The second-order valence-corrected chi connectivity index (χ2v) is 5.86. The van der Waals surface area contributed by atoms with Crippen LogP contribution < -0.4 is 0 Å². The summed E-state index contributed by atoms with van der Waals surface area (Å²) in [6.07, 6.45) is 4.48. The first kappa shape index (κ1) is 11.9. The number of carbonyl (C=O) groups is 1. The van der Waals surface area contributed by atoms with Crippen LogP contribution >= 0.6 is 22.6 Å². The van der Waals surface area contributed by atoms with E-state index in [1.807, 2.05) is 24.3 Å². The molecule has 0 saturated heterocycles. The maximum Gasteiger partial charge on any atom is 0.338 e. The highest BCUT2D eigenvalue weighted by Gasteiger charge is 2.16. The zero-order valence-corrected chi connectivity index (χ0v) is 11.3. The smallest absolute Gasteiger partial charge is 0.338 e. The summed E-state index contributed by atoms with van der Waals surface area (Å²) in [6, 6.07) is 7.77. The van der Waals surface area contributed by atoms with E-state index in [1.165, 1.54) is 6.42 Å². The number of benzene rings is 1. The molecule has 86 valence electrons. The van der Waals surface area contributed by atoms with Crippen molar-refractivity contribution in [3.8, 4) is 0 Å². The largest absolute Gasteiger partial charge is 0.461 e. The van der Waals surface area contributed by atoms with E-state index in [4.69, 9.17) is 4.74 Å². The summed E-state index contributed by atoms with van der Waals surface area (Å²) < 4.78 is 5.76. The Hall–Kier alpha value is -0.580. The molecule has 0 amide bonds. The van der Waals surface area contributed by atoms with Gasteiger partial charge in [0.05, 0.1) is 5.56 Å². The molecule has 1 atom stereocenters. The van der Waals surface area contributed by atoms with E-state index in [2.05, 4.69) is 22.6 Å². The highest BCUT2D eigenvalue weighted by atomic mass is 127. The number of carbonyl (C=O) groups excluding carboxylic acids is 1. The number of rotatable bonds is 0. The molecule has 1 heterocycles. The van der Waals surface area contributed by atoms with E-state index in [1.54, 1.807) is 0 Å². The first-order valence-electron chi connectivity index (χ1n) is 5.66. The SMILES string of the molecule is O=C1OCC(I)CCCCc2ccccc21. The van der Waals surface area contributed by atoms with Crippen molar-refractivity contribution in [2.24, 2.45) is 0 Å². The lowest BCUT2D eigenvalue weighted by molar-refractivity contribution is 0.0505. The molecule has 1 aliphatic rings. The van der Waals surface area contributed by atoms with Crippen molar-refractivity contribution in [3.63, 3.8) is 0 Å². The van der Waals surface area contributed by atoms with E-state index in [0.717, 1.165) is 30.4 Å². The monoisotopic (exact) mass is 330 g/mol. The Morgan fingerprint density at radius 2 is 2.06 bits per heavy atom. The fourth-order valence-electron chi connectivity index (χ4n) is 1.95. The number of cyclic esters (lactones) is 1. The summed E-state index contributed by atoms with van der Waals surface area (Å²) in [4.78, 5) is 11.8. The molecular formula is C13H15IO2. The van der Waals surface area contributed by atoms with Gasteiger partial charge in [-0.05, 0) is 30.9 Å². The number of halogens is 1. The molecule has 1 unspecified atom stereocenters. The van der Waals surface area contributed by atoms with Crippen molar-refractivity contribution in [2.75, 3.05) is 6.61 Å². The number of hydrogen-bond donors (Lipinski definition) is 0. The Bertz CT molecular complexity index is 376. The van der Waals surface area contributed by atoms with E-state index in [9.17, 15) is 4.79 Å². The van der Waals surface area contributed by atoms with Crippen LogP contribution in [-0.4, -0.2) is 16.5 Å². The van der Waals surface area contributed by atoms with Crippen LogP contribution in [0.25, 0.3) is 0 Å². The maximum atomic E-state index is 11.8. The van der Waals surface area contributed by atoms with Crippen LogP contribution in [0.1, 0.15) is 35.2 Å². The third-order valence-electron chi connectivity index (χ3n) is 2.85. The van der Waals surface area contributed by atoms with E-state index >= 15 is 0 Å². The average Bonchev–Trinajstić information content (AvgIpc) is 2.32. The first-order valence-corrected chi connectivity index (χ1v) is 6.91. The van der Waals surface area contributed by atoms with Gasteiger partial charge in [0.2, 0.25) is 0 Å². The molecule has 1 aromatic rings. The summed E-state index contributed by atoms with van der Waals surface area (Å²) in [5, 5.41) is 0. The number of fused-ring (bicyclic) bond motifs is 1. The molecule has 3 heteroatoms. The van der Waals surface area contributed by atoms with Gasteiger partial charge in [0, 0.05) is 3.92 Å². The van der Waals surface area contributed by atoms with Gasteiger partial charge in [-0.3, -0.25) is 0 Å². The van der Waals surface area contributed by atoms with Crippen LogP contribution in [0.2, 0.25) is 0 Å². The zero-order chi connectivity index (χ0) is 11.4. The van der Waals surface area contributed by atoms with Crippen molar-refractivity contribution >= 4 is 28.6 Å². The molecule has 0 saturated carbocycles. The lowest BCUT2D eigenvalue weighted by Gasteiger charge is -2.15. The number of alkyl halides is 1. The third kappa shape index (κ3) is 2.97. The lowest BCUT2D eigenvalue weighted by atomic mass is 10.0. The van der Waals surface area contributed by atoms with Gasteiger partial charge in [0.1, 0.15) is 6.61 Å². The molecule has 0 bridgehead atoms. The van der Waals surface area contributed by atoms with E-state index in [0.29, 0.717) is 10.5 Å². The van der Waals surface area contributed by atoms with Crippen molar-refractivity contribution < 1.29 is 9.53 Å². The molecule has 0 spiro atoms. The minimum Gasteiger partial charge on any atom is -0.461 e. The predicted octanol–water partition coefficient (Wildman–Crippen LogP) is 3.37. The van der Waals surface area contributed by atoms with Crippen LogP contribution in [0.3, 0.4) is 0 Å². The highest BCUT2D eigenvalue weighted by Crippen LogP contribution is 2.19. The summed E-state index contributed by atoms with van der Waals surface area (Å²) in [6.45, 7) is 0.535. The predicted molar refractivity (Wildman–Crippen MR) is 72.1 cm³/mol. The molecule has 0 fully saturated rings. The summed E-state index contributed by atoms with van der Waals surface area (Å²) in [5.41, 5.74) is 1.87. The Morgan fingerprint density at radius 1 is 1.25 bits per heavy atom. The molecule has 1 aliphatic heterocycles. The molecule has 0 radical (unpaired) electrons. The third-order valence-corrected chi connectivity index (χ3v) is 3.83. The van der Waals surface area contributed by atoms with Gasteiger partial charge < -0.3 is 4.74 Å². The second kappa shape index (κ2) is 5.66. The summed E-state index contributed by atoms with van der Waals surface area (Å²) in [5.74, 6) is -0.167. The normalized spacial score (nSPS) is 22.1. The maximum absolute atomic E-state index is 11.8. The topological polar surface area (TPSA) is 26.3 Å². The summed E-state index contributed by atoms with van der Waals surface area (Å²) >= 11 is 2.36. The van der Waals surface area contributed by atoms with Crippen LogP contribution in [-0.2, 0) is 11.2 Å². The average molecular weight is 330 g/mol. The molecular weight excluding hydrogens is 315 g/mol. The summed E-state index contributed by atoms with van der Waals surface area (Å²) in [7, 11) is 0. The van der Waals surface area contributed by atoms with Crippen LogP contribution in [0, 0.1) is 0 Å². The second-order valence-electron chi connectivity index (χ2n) is 4.10. The minimum absolute atomic E-state index is 0.167. The van der Waals surface area contributed by atoms with Gasteiger partial charge in [-0.15, -0.1) is 0 Å². The Kier molecular flexibility index (Phi) is 4.21. The van der Waals surface area contributed by atoms with Crippen molar-refractivity contribution in [3.05, 3.63) is 35.4 Å². The fourth-order valence-corrected chi connectivity index (χ4v) is 2.57. The molecule has 2 nitrogen and oxygen atoms in total. The first-order chi connectivity index (χ1) is 7.77. The van der Waals surface area contributed by atoms with Crippen molar-refractivity contribution in [2.45, 2.75) is 29.6 Å². The van der Waals surface area contributed by atoms with E-state index in [-0.39, 0.29) is 5.97 Å².